The predicted octanol–water partition coefficient (Wildman–Crippen LogP) is 5.31. The number of aromatic amines is 3. The molecule has 0 spiro atoms. The van der Waals surface area contributed by atoms with Crippen LogP contribution in [0.3, 0.4) is 0 Å². The van der Waals surface area contributed by atoms with Crippen LogP contribution in [0, 0.1) is 32.6 Å². The molecule has 0 unspecified atom stereocenters. The standard InChI is InChI=1S/C33H36N4O3/c1-7-19-15(3)23-12-25-17(5)21(9-10-30(39)40)32(36-25)22-11-29(38)31-18(6)26(37-33(22)31)14-28-20(8-2)16(4)24(35-28)13-27(19)34-23/h7,10,12-14,17,21,34-37,39-40H,1,8-9,11H2,2-6H3/b24-13-,25-12-,28-14-,32-22-/t17-,21-/m0/s1. The minimum atomic E-state index is -0.689. The molecule has 3 aromatic rings. The second-order valence-electron chi connectivity index (χ2n) is 11.2. The van der Waals surface area contributed by atoms with Crippen molar-refractivity contribution in [2.75, 3.05) is 0 Å². The second kappa shape index (κ2) is 9.37. The van der Waals surface area contributed by atoms with Gasteiger partial charge in [0.1, 0.15) is 0 Å². The molecule has 2 atom stereocenters. The van der Waals surface area contributed by atoms with Crippen LogP contribution in [-0.2, 0) is 6.42 Å². The molecule has 0 aromatic carbocycles. The van der Waals surface area contributed by atoms with Gasteiger partial charge in [-0.15, -0.1) is 0 Å². The van der Waals surface area contributed by atoms with Crippen molar-refractivity contribution in [2.24, 2.45) is 11.8 Å². The van der Waals surface area contributed by atoms with E-state index in [-0.39, 0.29) is 17.6 Å². The first-order valence-electron chi connectivity index (χ1n) is 13.9. The van der Waals surface area contributed by atoms with E-state index in [9.17, 15) is 15.0 Å². The summed E-state index contributed by atoms with van der Waals surface area (Å²) in [7, 11) is 0. The van der Waals surface area contributed by atoms with Crippen molar-refractivity contribution in [1.82, 2.24) is 20.3 Å². The van der Waals surface area contributed by atoms with Gasteiger partial charge in [-0.25, -0.2) is 0 Å². The molecule has 6 rings (SSSR count). The Kier molecular flexibility index (Phi) is 6.06. The fraction of sp³-hybridized carbons (Fsp3) is 0.303. The number of carbonyl (C=O) groups excluding carboxylic acids is 1. The van der Waals surface area contributed by atoms with Crippen LogP contribution in [0.2, 0.25) is 0 Å². The van der Waals surface area contributed by atoms with Crippen molar-refractivity contribution in [2.45, 2.75) is 53.9 Å². The molecule has 7 nitrogen and oxygen atoms in total. The molecule has 8 bridgehead atoms. The van der Waals surface area contributed by atoms with Crippen molar-refractivity contribution in [1.29, 1.82) is 0 Å². The smallest absolute Gasteiger partial charge is 0.269 e. The Labute approximate surface area is 233 Å². The van der Waals surface area contributed by atoms with Crippen LogP contribution in [0.5, 0.6) is 0 Å². The number of aromatic nitrogens is 3. The van der Waals surface area contributed by atoms with Gasteiger partial charge in [-0.05, 0) is 80.2 Å². The van der Waals surface area contributed by atoms with Gasteiger partial charge in [0.2, 0.25) is 0 Å². The maximum atomic E-state index is 13.4. The number of carbonyl (C=O) groups is 1. The zero-order valence-electron chi connectivity index (χ0n) is 23.7. The number of H-pyrrole nitrogens is 3. The third-order valence-corrected chi connectivity index (χ3v) is 9.08. The lowest BCUT2D eigenvalue weighted by atomic mass is 9.87. The summed E-state index contributed by atoms with van der Waals surface area (Å²) < 4.78 is 0. The molecule has 3 aliphatic rings. The average Bonchev–Trinajstić information content (AvgIpc) is 3.65. The number of fused-ring (bicyclic) bond motifs is 7. The van der Waals surface area contributed by atoms with E-state index in [1.54, 1.807) is 0 Å². The molecule has 0 saturated carbocycles. The maximum absolute atomic E-state index is 13.4. The van der Waals surface area contributed by atoms with E-state index in [2.05, 4.69) is 72.8 Å². The molecule has 0 radical (unpaired) electrons. The first-order valence-corrected chi connectivity index (χ1v) is 13.9. The van der Waals surface area contributed by atoms with Crippen molar-refractivity contribution in [3.8, 4) is 0 Å². The fourth-order valence-electron chi connectivity index (χ4n) is 6.77. The van der Waals surface area contributed by atoms with E-state index in [1.165, 1.54) is 17.2 Å². The summed E-state index contributed by atoms with van der Waals surface area (Å²) >= 11 is 0. The Morgan fingerprint density at radius 2 is 1.73 bits per heavy atom. The quantitative estimate of drug-likeness (QED) is 0.253. The van der Waals surface area contributed by atoms with E-state index < -0.39 is 5.95 Å². The Hall–Kier alpha value is -4.39. The number of nitrogens with one attached hydrogen (secondary N) is 4. The summed E-state index contributed by atoms with van der Waals surface area (Å²) in [6.45, 7) is 14.6. The molecule has 1 fully saturated rings. The second-order valence-corrected chi connectivity index (χ2v) is 11.2. The molecule has 5 heterocycles. The van der Waals surface area contributed by atoms with Gasteiger partial charge in [0.25, 0.3) is 5.95 Å². The highest BCUT2D eigenvalue weighted by molar-refractivity contribution is 6.13. The Bertz CT molecular complexity index is 1810. The molecule has 1 saturated heterocycles. The van der Waals surface area contributed by atoms with Crippen LogP contribution < -0.4 is 16.0 Å². The third kappa shape index (κ3) is 3.83. The van der Waals surface area contributed by atoms with E-state index in [4.69, 9.17) is 0 Å². The van der Waals surface area contributed by atoms with Crippen molar-refractivity contribution >= 4 is 35.7 Å². The molecular formula is C33H36N4O3. The van der Waals surface area contributed by atoms with Crippen LogP contribution in [0.4, 0.5) is 0 Å². The summed E-state index contributed by atoms with van der Waals surface area (Å²) in [5.74, 6) is -0.587. The molecule has 1 aliphatic carbocycles. The fourth-order valence-corrected chi connectivity index (χ4v) is 6.77. The number of hydrogen-bond donors (Lipinski definition) is 6. The number of Topliss-reactive ketones (excluding diaryl/α,β-unsaturated/α-hetero) is 1. The van der Waals surface area contributed by atoms with E-state index in [0.29, 0.717) is 12.8 Å². The van der Waals surface area contributed by atoms with Crippen LogP contribution in [0.15, 0.2) is 30.0 Å². The first kappa shape index (κ1) is 25.9. The monoisotopic (exact) mass is 536 g/mol. The number of rotatable bonds is 4. The van der Waals surface area contributed by atoms with Crippen LogP contribution in [0.25, 0.3) is 29.9 Å². The van der Waals surface area contributed by atoms with Gasteiger partial charge in [0, 0.05) is 74.1 Å². The number of aliphatic hydroxyl groups excluding tert-OH is 1. The van der Waals surface area contributed by atoms with E-state index >= 15 is 0 Å². The van der Waals surface area contributed by atoms with Crippen LogP contribution in [-0.4, -0.2) is 30.9 Å². The van der Waals surface area contributed by atoms with E-state index in [1.807, 2.05) is 13.0 Å². The molecule has 3 aromatic heterocycles. The van der Waals surface area contributed by atoms with Crippen molar-refractivity contribution < 1.29 is 15.0 Å². The van der Waals surface area contributed by atoms with Crippen molar-refractivity contribution in [3.63, 3.8) is 0 Å². The number of hydrogen-bond acceptors (Lipinski definition) is 4. The Morgan fingerprint density at radius 3 is 2.42 bits per heavy atom. The van der Waals surface area contributed by atoms with Gasteiger partial charge in [-0.3, -0.25) is 4.79 Å². The molecular weight excluding hydrogens is 500 g/mol. The summed E-state index contributed by atoms with van der Waals surface area (Å²) in [4.78, 5) is 24.3. The zero-order chi connectivity index (χ0) is 28.5. The lowest BCUT2D eigenvalue weighted by Crippen LogP contribution is -2.13. The van der Waals surface area contributed by atoms with E-state index in [0.717, 1.165) is 79.1 Å². The highest BCUT2D eigenvalue weighted by Crippen LogP contribution is 2.45. The van der Waals surface area contributed by atoms with Gasteiger partial charge in [-0.1, -0.05) is 26.5 Å². The number of aliphatic hydroxyl groups is 2. The maximum Gasteiger partial charge on any atom is 0.269 e. The largest absolute Gasteiger partial charge is 0.481 e. The van der Waals surface area contributed by atoms with Gasteiger partial charge < -0.3 is 30.5 Å². The van der Waals surface area contributed by atoms with Gasteiger partial charge in [0.15, 0.2) is 5.78 Å². The highest BCUT2D eigenvalue weighted by atomic mass is 16.5. The number of ketones is 1. The first-order chi connectivity index (χ1) is 19.1. The summed E-state index contributed by atoms with van der Waals surface area (Å²) in [5.41, 5.74) is 13.0. The summed E-state index contributed by atoms with van der Waals surface area (Å²) in [6.07, 6.45) is 11.4. The average molecular weight is 537 g/mol. The van der Waals surface area contributed by atoms with Crippen molar-refractivity contribution in [3.05, 3.63) is 96.8 Å². The van der Waals surface area contributed by atoms with Gasteiger partial charge >= 0.3 is 0 Å². The SMILES string of the molecule is C=Cc1c2[nH]c(c1C)/C=C1\N/C(=C3/CC(=O)c4c3[nH]c(c4C)/C=c3\[nH]/c(c(C)c3CC)=C\2)[C@@H](CC=C(O)O)[C@@H]1C. The predicted molar refractivity (Wildman–Crippen MR) is 160 cm³/mol. The molecule has 0 amide bonds. The molecule has 6 N–H and O–H groups in total. The highest BCUT2D eigenvalue weighted by Gasteiger charge is 2.39. The summed E-state index contributed by atoms with van der Waals surface area (Å²) in [6, 6.07) is 0. The zero-order valence-corrected chi connectivity index (χ0v) is 23.7. The molecule has 7 heteroatoms. The minimum absolute atomic E-state index is 0.0530. The normalized spacial score (nSPS) is 24.0. The molecule has 206 valence electrons. The Morgan fingerprint density at radius 1 is 1.00 bits per heavy atom. The van der Waals surface area contributed by atoms with Crippen LogP contribution >= 0.6 is 0 Å². The molecule has 2 aliphatic heterocycles. The Balaban J connectivity index is 1.70. The number of allylic oxidation sites excluding steroid dienone is 4. The lowest BCUT2D eigenvalue weighted by molar-refractivity contribution is 0.100. The third-order valence-electron chi connectivity index (χ3n) is 9.08. The van der Waals surface area contributed by atoms with Gasteiger partial charge in [-0.2, -0.15) is 0 Å². The lowest BCUT2D eigenvalue weighted by Gasteiger charge is -2.15. The van der Waals surface area contributed by atoms with Gasteiger partial charge in [0.05, 0.1) is 5.69 Å². The van der Waals surface area contributed by atoms with Crippen LogP contribution in [0.1, 0.15) is 87.6 Å². The minimum Gasteiger partial charge on any atom is -0.481 e. The molecule has 40 heavy (non-hydrogen) atoms. The topological polar surface area (TPSA) is 117 Å². The summed E-state index contributed by atoms with van der Waals surface area (Å²) in [5, 5.41) is 24.9.